The van der Waals surface area contributed by atoms with Crippen LogP contribution in [-0.4, -0.2) is 43.7 Å². The Hall–Kier alpha value is -0.810. The summed E-state index contributed by atoms with van der Waals surface area (Å²) in [6.45, 7) is 11.0. The summed E-state index contributed by atoms with van der Waals surface area (Å²) in [6.07, 6.45) is 2.18. The van der Waals surface area contributed by atoms with Gasteiger partial charge in [-0.15, -0.1) is 0 Å². The zero-order valence-electron chi connectivity index (χ0n) is 12.6. The van der Waals surface area contributed by atoms with Gasteiger partial charge in [0.25, 0.3) is 0 Å². The van der Waals surface area contributed by atoms with Gasteiger partial charge in [0.15, 0.2) is 0 Å². The summed E-state index contributed by atoms with van der Waals surface area (Å²) in [5.41, 5.74) is 2.74. The Morgan fingerprint density at radius 3 is 2.33 bits per heavy atom. The first-order valence-corrected chi connectivity index (χ1v) is 6.87. The third kappa shape index (κ3) is 6.21. The van der Waals surface area contributed by atoms with Crippen molar-refractivity contribution in [3.63, 3.8) is 0 Å². The molecule has 0 rings (SSSR count). The quantitative estimate of drug-likeness (QED) is 0.228. The smallest absolute Gasteiger partial charge is 0.208 e. The molecule has 0 radical (unpaired) electrons. The van der Waals surface area contributed by atoms with E-state index in [0.29, 0.717) is 25.1 Å². The van der Waals surface area contributed by atoms with Gasteiger partial charge >= 0.3 is 0 Å². The summed E-state index contributed by atoms with van der Waals surface area (Å²) in [5.74, 6) is 6.96. The maximum atomic E-state index is 5.62. The minimum absolute atomic E-state index is 0.477. The molecule has 0 aliphatic heterocycles. The molecule has 0 aliphatic rings. The van der Waals surface area contributed by atoms with E-state index in [1.54, 1.807) is 7.11 Å². The highest BCUT2D eigenvalue weighted by atomic mass is 16.5. The van der Waals surface area contributed by atoms with Crippen molar-refractivity contribution >= 4 is 5.96 Å². The van der Waals surface area contributed by atoms with Crippen molar-refractivity contribution in [3.8, 4) is 0 Å². The third-order valence-corrected chi connectivity index (χ3v) is 2.90. The third-order valence-electron chi connectivity index (χ3n) is 2.90. The molecule has 5 heteroatoms. The van der Waals surface area contributed by atoms with Gasteiger partial charge < -0.3 is 9.64 Å². The van der Waals surface area contributed by atoms with E-state index in [1.807, 2.05) is 0 Å². The second kappa shape index (κ2) is 10.1. The maximum absolute atomic E-state index is 5.62. The number of nitrogens with two attached hydrogens (primary N) is 1. The van der Waals surface area contributed by atoms with Crippen LogP contribution in [0.2, 0.25) is 0 Å². The van der Waals surface area contributed by atoms with Crippen molar-refractivity contribution < 1.29 is 4.74 Å². The minimum atomic E-state index is 0.477. The number of rotatable bonds is 8. The fraction of sp³-hybridized carbons (Fsp3) is 0.923. The van der Waals surface area contributed by atoms with Crippen LogP contribution < -0.4 is 11.3 Å². The molecular weight excluding hydrogens is 228 g/mol. The van der Waals surface area contributed by atoms with Crippen LogP contribution in [0.1, 0.15) is 40.5 Å². The van der Waals surface area contributed by atoms with Gasteiger partial charge in [-0.05, 0) is 18.8 Å². The number of hydrazine groups is 1. The molecule has 0 saturated carbocycles. The molecular formula is C13H30N4O. The van der Waals surface area contributed by atoms with E-state index in [4.69, 9.17) is 10.6 Å². The second-order valence-corrected chi connectivity index (χ2v) is 4.86. The lowest BCUT2D eigenvalue weighted by Gasteiger charge is -2.34. The van der Waals surface area contributed by atoms with Gasteiger partial charge in [0, 0.05) is 19.7 Å². The predicted octanol–water partition coefficient (Wildman–Crippen LogP) is 1.60. The van der Waals surface area contributed by atoms with Gasteiger partial charge in [-0.2, -0.15) is 0 Å². The van der Waals surface area contributed by atoms with Gasteiger partial charge in [0.05, 0.1) is 13.2 Å². The highest BCUT2D eigenvalue weighted by Gasteiger charge is 2.19. The average molecular weight is 258 g/mol. The summed E-state index contributed by atoms with van der Waals surface area (Å²) in [7, 11) is 1.68. The molecule has 0 aliphatic carbocycles. The highest BCUT2D eigenvalue weighted by molar-refractivity contribution is 5.79. The van der Waals surface area contributed by atoms with E-state index < -0.39 is 0 Å². The summed E-state index contributed by atoms with van der Waals surface area (Å²) in [4.78, 5) is 6.76. The summed E-state index contributed by atoms with van der Waals surface area (Å²) < 4.78 is 5.02. The molecule has 0 unspecified atom stereocenters. The Kier molecular flexibility index (Phi) is 9.69. The number of hydrogen-bond donors (Lipinski definition) is 2. The molecule has 0 spiro atoms. The van der Waals surface area contributed by atoms with Crippen LogP contribution in [0.3, 0.4) is 0 Å². The molecule has 0 saturated heterocycles. The molecule has 0 fully saturated rings. The number of methoxy groups -OCH3 is 1. The van der Waals surface area contributed by atoms with Crippen molar-refractivity contribution in [2.75, 3.05) is 26.8 Å². The standard InChI is InChI=1S/C13H30N4O/c1-6-12(7-2)17(10-11(3)4)13(16-14)15-8-9-18-5/h11-12H,6-10,14H2,1-5H3,(H,15,16). The van der Waals surface area contributed by atoms with Crippen molar-refractivity contribution in [3.05, 3.63) is 0 Å². The van der Waals surface area contributed by atoms with Crippen LogP contribution in [0.15, 0.2) is 4.99 Å². The van der Waals surface area contributed by atoms with Gasteiger partial charge in [-0.3, -0.25) is 5.43 Å². The second-order valence-electron chi connectivity index (χ2n) is 4.86. The summed E-state index contributed by atoms with van der Waals surface area (Å²) in [5, 5.41) is 0. The molecule has 0 atom stereocenters. The molecule has 0 amide bonds. The largest absolute Gasteiger partial charge is 0.383 e. The van der Waals surface area contributed by atoms with Gasteiger partial charge in [0.2, 0.25) is 5.96 Å². The average Bonchev–Trinajstić information content (AvgIpc) is 2.35. The van der Waals surface area contributed by atoms with Crippen LogP contribution in [0.5, 0.6) is 0 Å². The SMILES string of the molecule is CCC(CC)N(CC(C)C)C(=NCCOC)NN. The first-order chi connectivity index (χ1) is 8.60. The van der Waals surface area contributed by atoms with Gasteiger partial charge in [-0.25, -0.2) is 10.8 Å². The Balaban J connectivity index is 4.81. The van der Waals surface area contributed by atoms with E-state index in [-0.39, 0.29) is 0 Å². The van der Waals surface area contributed by atoms with Gasteiger partial charge in [0.1, 0.15) is 0 Å². The fourth-order valence-corrected chi connectivity index (χ4v) is 1.99. The lowest BCUT2D eigenvalue weighted by Crippen LogP contribution is -2.51. The number of aliphatic imine (C=N–C) groups is 1. The van der Waals surface area contributed by atoms with Crippen molar-refractivity contribution in [1.82, 2.24) is 10.3 Å². The van der Waals surface area contributed by atoms with Crippen molar-refractivity contribution in [2.24, 2.45) is 16.8 Å². The zero-order chi connectivity index (χ0) is 14.0. The normalized spacial score (nSPS) is 12.3. The van der Waals surface area contributed by atoms with Crippen LogP contribution in [0, 0.1) is 5.92 Å². The summed E-state index contributed by atoms with van der Waals surface area (Å²) >= 11 is 0. The lowest BCUT2D eigenvalue weighted by atomic mass is 10.1. The molecule has 108 valence electrons. The number of guanidine groups is 1. The lowest BCUT2D eigenvalue weighted by molar-refractivity contribution is 0.206. The number of nitrogens with one attached hydrogen (secondary N) is 1. The number of hydrogen-bond acceptors (Lipinski definition) is 3. The van der Waals surface area contributed by atoms with Crippen LogP contribution in [-0.2, 0) is 4.74 Å². The first-order valence-electron chi connectivity index (χ1n) is 6.87. The van der Waals surface area contributed by atoms with Crippen LogP contribution >= 0.6 is 0 Å². The molecule has 18 heavy (non-hydrogen) atoms. The Morgan fingerprint density at radius 2 is 1.94 bits per heavy atom. The molecule has 3 N–H and O–H groups in total. The van der Waals surface area contributed by atoms with Crippen LogP contribution in [0.25, 0.3) is 0 Å². The maximum Gasteiger partial charge on any atom is 0.208 e. The zero-order valence-corrected chi connectivity index (χ0v) is 12.6. The van der Waals surface area contributed by atoms with Gasteiger partial charge in [-0.1, -0.05) is 27.7 Å². The van der Waals surface area contributed by atoms with E-state index in [2.05, 4.69) is 43.0 Å². The first kappa shape index (κ1) is 17.2. The topological polar surface area (TPSA) is 62.9 Å². The predicted molar refractivity (Wildman–Crippen MR) is 77.4 cm³/mol. The van der Waals surface area contributed by atoms with Crippen LogP contribution in [0.4, 0.5) is 0 Å². The highest BCUT2D eigenvalue weighted by Crippen LogP contribution is 2.11. The molecule has 0 aromatic rings. The van der Waals surface area contributed by atoms with E-state index >= 15 is 0 Å². The Morgan fingerprint density at radius 1 is 1.33 bits per heavy atom. The fourth-order valence-electron chi connectivity index (χ4n) is 1.99. The van der Waals surface area contributed by atoms with E-state index in [0.717, 1.165) is 25.3 Å². The van der Waals surface area contributed by atoms with E-state index in [9.17, 15) is 0 Å². The molecule has 0 bridgehead atoms. The minimum Gasteiger partial charge on any atom is -0.383 e. The monoisotopic (exact) mass is 258 g/mol. The van der Waals surface area contributed by atoms with E-state index in [1.165, 1.54) is 0 Å². The molecule has 0 heterocycles. The number of ether oxygens (including phenoxy) is 1. The summed E-state index contributed by atoms with van der Waals surface area (Å²) in [6, 6.07) is 0.477. The molecule has 5 nitrogen and oxygen atoms in total. The molecule has 0 aromatic heterocycles. The Labute approximate surface area is 112 Å². The van der Waals surface area contributed by atoms with Crippen molar-refractivity contribution in [2.45, 2.75) is 46.6 Å². The Bertz CT molecular complexity index is 227. The number of nitrogens with zero attached hydrogens (tertiary/aromatic N) is 2. The molecule has 0 aromatic carbocycles. The van der Waals surface area contributed by atoms with Crippen molar-refractivity contribution in [1.29, 1.82) is 0 Å².